The third-order valence-electron chi connectivity index (χ3n) is 2.07. The molecule has 0 aliphatic heterocycles. The standard InChI is InChI=1S/C11H11N5O3/c1-15(2)7-14-8-5-12-11(13-6-8)9-3-4-10(19-9)16(17)18/h3-7H,1-2H3/b14-7+. The van der Waals surface area contributed by atoms with E-state index in [4.69, 9.17) is 4.42 Å². The summed E-state index contributed by atoms with van der Waals surface area (Å²) >= 11 is 0. The minimum absolute atomic E-state index is 0.245. The Morgan fingerprint density at radius 1 is 1.37 bits per heavy atom. The second-order valence-corrected chi connectivity index (χ2v) is 3.87. The first-order chi connectivity index (χ1) is 9.06. The van der Waals surface area contributed by atoms with E-state index in [9.17, 15) is 10.1 Å². The molecule has 0 aliphatic carbocycles. The van der Waals surface area contributed by atoms with E-state index in [0.29, 0.717) is 5.69 Å². The molecule has 8 nitrogen and oxygen atoms in total. The van der Waals surface area contributed by atoms with Crippen LogP contribution in [0.4, 0.5) is 11.6 Å². The lowest BCUT2D eigenvalue weighted by molar-refractivity contribution is -0.401. The van der Waals surface area contributed by atoms with Crippen LogP contribution in [0.25, 0.3) is 11.6 Å². The number of nitrogens with zero attached hydrogens (tertiary/aromatic N) is 5. The fourth-order valence-electron chi connectivity index (χ4n) is 1.24. The van der Waals surface area contributed by atoms with Crippen LogP contribution in [0.2, 0.25) is 0 Å². The normalized spacial score (nSPS) is 10.8. The molecule has 2 aromatic heterocycles. The Labute approximate surface area is 108 Å². The van der Waals surface area contributed by atoms with Crippen molar-refractivity contribution in [3.63, 3.8) is 0 Å². The molecule has 0 spiro atoms. The Balaban J connectivity index is 2.19. The number of nitro groups is 1. The first kappa shape index (κ1) is 12.7. The third kappa shape index (κ3) is 3.12. The summed E-state index contributed by atoms with van der Waals surface area (Å²) in [6, 6.07) is 2.72. The van der Waals surface area contributed by atoms with Crippen LogP contribution in [0, 0.1) is 10.1 Å². The molecule has 0 saturated carbocycles. The van der Waals surface area contributed by atoms with Crippen molar-refractivity contribution < 1.29 is 9.34 Å². The summed E-state index contributed by atoms with van der Waals surface area (Å²) in [6.45, 7) is 0. The predicted octanol–water partition coefficient (Wildman–Crippen LogP) is 1.87. The van der Waals surface area contributed by atoms with Gasteiger partial charge in [-0.15, -0.1) is 0 Å². The smallest absolute Gasteiger partial charge is 0.397 e. The molecule has 0 bridgehead atoms. The zero-order chi connectivity index (χ0) is 13.8. The zero-order valence-corrected chi connectivity index (χ0v) is 10.3. The van der Waals surface area contributed by atoms with Gasteiger partial charge in [-0.1, -0.05) is 0 Å². The molecule has 0 amide bonds. The van der Waals surface area contributed by atoms with Crippen molar-refractivity contribution in [3.8, 4) is 11.6 Å². The maximum atomic E-state index is 10.5. The highest BCUT2D eigenvalue weighted by Crippen LogP contribution is 2.23. The summed E-state index contributed by atoms with van der Waals surface area (Å²) in [5.41, 5.74) is 0.582. The fourth-order valence-corrected chi connectivity index (χ4v) is 1.24. The number of rotatable bonds is 4. The van der Waals surface area contributed by atoms with Crippen LogP contribution in [0.15, 0.2) is 33.9 Å². The number of hydrogen-bond acceptors (Lipinski definition) is 6. The van der Waals surface area contributed by atoms with E-state index in [1.807, 2.05) is 14.1 Å². The van der Waals surface area contributed by atoms with Gasteiger partial charge in [-0.25, -0.2) is 15.0 Å². The fraction of sp³-hybridized carbons (Fsp3) is 0.182. The summed E-state index contributed by atoms with van der Waals surface area (Å²) in [5, 5.41) is 10.5. The quantitative estimate of drug-likeness (QED) is 0.360. The topological polar surface area (TPSA) is 97.7 Å². The molecule has 0 saturated heterocycles. The molecule has 0 aliphatic rings. The number of hydrogen-bond donors (Lipinski definition) is 0. The molecular formula is C11H11N5O3. The van der Waals surface area contributed by atoms with Crippen LogP contribution in [0.3, 0.4) is 0 Å². The highest BCUT2D eigenvalue weighted by molar-refractivity contribution is 5.60. The maximum Gasteiger partial charge on any atom is 0.433 e. The van der Waals surface area contributed by atoms with Gasteiger partial charge in [0.15, 0.2) is 11.6 Å². The minimum atomic E-state index is -0.612. The van der Waals surface area contributed by atoms with Crippen molar-refractivity contribution in [1.29, 1.82) is 0 Å². The predicted molar refractivity (Wildman–Crippen MR) is 68.2 cm³/mol. The third-order valence-corrected chi connectivity index (χ3v) is 2.07. The zero-order valence-electron chi connectivity index (χ0n) is 10.3. The Hall–Kier alpha value is -2.77. The van der Waals surface area contributed by atoms with E-state index in [1.54, 1.807) is 11.2 Å². The molecule has 0 radical (unpaired) electrons. The van der Waals surface area contributed by atoms with Crippen LogP contribution in [-0.2, 0) is 0 Å². The maximum absolute atomic E-state index is 10.5. The van der Waals surface area contributed by atoms with E-state index in [0.717, 1.165) is 0 Å². The van der Waals surface area contributed by atoms with E-state index in [-0.39, 0.29) is 17.5 Å². The van der Waals surface area contributed by atoms with E-state index < -0.39 is 4.92 Å². The van der Waals surface area contributed by atoms with Gasteiger partial charge in [-0.3, -0.25) is 10.1 Å². The average molecular weight is 261 g/mol. The van der Waals surface area contributed by atoms with Gasteiger partial charge in [-0.05, 0) is 6.07 Å². The molecule has 8 heteroatoms. The van der Waals surface area contributed by atoms with Crippen LogP contribution in [0.1, 0.15) is 0 Å². The van der Waals surface area contributed by atoms with Crippen LogP contribution >= 0.6 is 0 Å². The Bertz CT molecular complexity index is 603. The van der Waals surface area contributed by atoms with Gasteiger partial charge in [0.05, 0.1) is 24.8 Å². The second-order valence-electron chi connectivity index (χ2n) is 3.87. The monoisotopic (exact) mass is 261 g/mol. The largest absolute Gasteiger partial charge is 0.433 e. The molecule has 98 valence electrons. The summed E-state index contributed by atoms with van der Waals surface area (Å²) in [6.07, 6.45) is 4.64. The van der Waals surface area contributed by atoms with E-state index in [1.165, 1.54) is 24.5 Å². The van der Waals surface area contributed by atoms with Crippen LogP contribution < -0.4 is 0 Å². The summed E-state index contributed by atoms with van der Waals surface area (Å²) in [7, 11) is 3.70. The Kier molecular flexibility index (Phi) is 3.51. The molecule has 0 aromatic carbocycles. The molecule has 0 atom stereocenters. The minimum Gasteiger partial charge on any atom is -0.397 e. The lowest BCUT2D eigenvalue weighted by atomic mass is 10.4. The highest BCUT2D eigenvalue weighted by Gasteiger charge is 2.14. The van der Waals surface area contributed by atoms with Crippen molar-refractivity contribution >= 4 is 17.9 Å². The summed E-state index contributed by atoms with van der Waals surface area (Å²) in [5.74, 6) is 0.181. The van der Waals surface area contributed by atoms with Crippen molar-refractivity contribution in [3.05, 3.63) is 34.6 Å². The van der Waals surface area contributed by atoms with Crippen molar-refractivity contribution in [2.45, 2.75) is 0 Å². The van der Waals surface area contributed by atoms with Gasteiger partial charge in [0.1, 0.15) is 10.6 Å². The molecule has 2 rings (SSSR count). The first-order valence-electron chi connectivity index (χ1n) is 5.33. The summed E-state index contributed by atoms with van der Waals surface area (Å²) < 4.78 is 5.00. The first-order valence-corrected chi connectivity index (χ1v) is 5.33. The molecule has 2 aromatic rings. The second kappa shape index (κ2) is 5.25. The van der Waals surface area contributed by atoms with Gasteiger partial charge in [0.25, 0.3) is 0 Å². The Morgan fingerprint density at radius 2 is 2.05 bits per heavy atom. The van der Waals surface area contributed by atoms with E-state index in [2.05, 4.69) is 15.0 Å². The number of aliphatic imine (C=N–C) groups is 1. The molecular weight excluding hydrogens is 250 g/mol. The van der Waals surface area contributed by atoms with Crippen LogP contribution in [0.5, 0.6) is 0 Å². The number of furan rings is 1. The number of aromatic nitrogens is 2. The lowest BCUT2D eigenvalue weighted by Gasteiger charge is -2.01. The van der Waals surface area contributed by atoms with E-state index >= 15 is 0 Å². The lowest BCUT2D eigenvalue weighted by Crippen LogP contribution is -2.07. The van der Waals surface area contributed by atoms with Crippen molar-refractivity contribution in [2.24, 2.45) is 4.99 Å². The summed E-state index contributed by atoms with van der Waals surface area (Å²) in [4.78, 5) is 23.9. The van der Waals surface area contributed by atoms with Crippen molar-refractivity contribution in [2.75, 3.05) is 14.1 Å². The van der Waals surface area contributed by atoms with Crippen LogP contribution in [-0.4, -0.2) is 40.2 Å². The van der Waals surface area contributed by atoms with Gasteiger partial charge in [-0.2, -0.15) is 0 Å². The average Bonchev–Trinajstić information content (AvgIpc) is 2.86. The molecule has 0 N–H and O–H groups in total. The highest BCUT2D eigenvalue weighted by atomic mass is 16.6. The Morgan fingerprint density at radius 3 is 2.58 bits per heavy atom. The van der Waals surface area contributed by atoms with Gasteiger partial charge in [0, 0.05) is 14.1 Å². The van der Waals surface area contributed by atoms with Gasteiger partial charge in [0.2, 0.25) is 0 Å². The molecule has 0 fully saturated rings. The molecule has 2 heterocycles. The van der Waals surface area contributed by atoms with Crippen molar-refractivity contribution in [1.82, 2.24) is 14.9 Å². The molecule has 0 unspecified atom stereocenters. The van der Waals surface area contributed by atoms with Gasteiger partial charge >= 0.3 is 5.88 Å². The SMILES string of the molecule is CN(C)/C=N/c1cnc(-c2ccc([N+](=O)[O-])o2)nc1. The van der Waals surface area contributed by atoms with Gasteiger partial charge < -0.3 is 9.32 Å². The molecule has 19 heavy (non-hydrogen) atoms.